The molecule has 0 spiro atoms. The summed E-state index contributed by atoms with van der Waals surface area (Å²) >= 11 is 3.85. The Labute approximate surface area is 116 Å². The van der Waals surface area contributed by atoms with E-state index in [4.69, 9.17) is 0 Å². The molecule has 1 aromatic heterocycles. The van der Waals surface area contributed by atoms with Gasteiger partial charge in [0.1, 0.15) is 0 Å². The first kappa shape index (κ1) is 12.3. The first-order valence-electron chi connectivity index (χ1n) is 6.40. The fourth-order valence-electron chi connectivity index (χ4n) is 2.35. The van der Waals surface area contributed by atoms with Crippen molar-refractivity contribution >= 4 is 38.4 Å². The van der Waals surface area contributed by atoms with Gasteiger partial charge in [-0.25, -0.2) is 4.98 Å². The van der Waals surface area contributed by atoms with Gasteiger partial charge in [-0.15, -0.1) is 0 Å². The maximum atomic E-state index is 4.64. The van der Waals surface area contributed by atoms with Crippen molar-refractivity contribution in [1.29, 1.82) is 0 Å². The molecule has 96 valence electrons. The normalized spacial score (nSPS) is 23.7. The first-order valence-corrected chi connectivity index (χ1v) is 8.20. The third-order valence-corrected chi connectivity index (χ3v) is 5.97. The van der Waals surface area contributed by atoms with Gasteiger partial charge in [0, 0.05) is 11.3 Å². The zero-order chi connectivity index (χ0) is 12.6. The van der Waals surface area contributed by atoms with Crippen molar-refractivity contribution in [2.45, 2.75) is 31.4 Å². The van der Waals surface area contributed by atoms with E-state index in [-0.39, 0.29) is 0 Å². The minimum atomic E-state index is 0.397. The van der Waals surface area contributed by atoms with E-state index in [0.29, 0.717) is 4.75 Å². The highest BCUT2D eigenvalue weighted by Gasteiger charge is 2.29. The lowest BCUT2D eigenvalue weighted by Gasteiger charge is -2.22. The van der Waals surface area contributed by atoms with Gasteiger partial charge in [0.15, 0.2) is 5.13 Å². The predicted octanol–water partition coefficient (Wildman–Crippen LogP) is 4.30. The number of hydrogen-bond acceptors (Lipinski definition) is 4. The minimum Gasteiger partial charge on any atom is -0.360 e. The van der Waals surface area contributed by atoms with Gasteiger partial charge in [-0.3, -0.25) is 0 Å². The monoisotopic (exact) mass is 278 g/mol. The molecular weight excluding hydrogens is 260 g/mol. The summed E-state index contributed by atoms with van der Waals surface area (Å²) in [4.78, 5) is 4.64. The molecule has 0 saturated carbocycles. The number of aryl methyl sites for hydroxylation is 1. The number of fused-ring (bicyclic) bond motifs is 1. The van der Waals surface area contributed by atoms with E-state index in [1.54, 1.807) is 11.3 Å². The van der Waals surface area contributed by atoms with E-state index >= 15 is 0 Å². The molecule has 2 nitrogen and oxygen atoms in total. The van der Waals surface area contributed by atoms with Crippen LogP contribution in [0, 0.1) is 6.92 Å². The van der Waals surface area contributed by atoms with Crippen molar-refractivity contribution in [3.63, 3.8) is 0 Å². The number of thioether (sulfide) groups is 1. The molecule has 1 aromatic carbocycles. The summed E-state index contributed by atoms with van der Waals surface area (Å²) in [5.74, 6) is 1.30. The van der Waals surface area contributed by atoms with E-state index in [9.17, 15) is 0 Å². The molecule has 4 heteroatoms. The fraction of sp³-hybridized carbons (Fsp3) is 0.500. The molecule has 1 fully saturated rings. The van der Waals surface area contributed by atoms with Crippen molar-refractivity contribution in [1.82, 2.24) is 4.98 Å². The number of hydrogen-bond donors (Lipinski definition) is 1. The van der Waals surface area contributed by atoms with Crippen molar-refractivity contribution < 1.29 is 0 Å². The van der Waals surface area contributed by atoms with E-state index in [1.165, 1.54) is 28.9 Å². The number of rotatable bonds is 3. The molecule has 3 rings (SSSR count). The van der Waals surface area contributed by atoms with Gasteiger partial charge >= 0.3 is 0 Å². The Kier molecular flexibility index (Phi) is 3.24. The maximum Gasteiger partial charge on any atom is 0.183 e. The zero-order valence-electron chi connectivity index (χ0n) is 10.8. The quantitative estimate of drug-likeness (QED) is 0.906. The van der Waals surface area contributed by atoms with Gasteiger partial charge in [0.05, 0.1) is 10.2 Å². The molecule has 1 N–H and O–H groups in total. The van der Waals surface area contributed by atoms with Crippen LogP contribution in [0.4, 0.5) is 5.13 Å². The average Bonchev–Trinajstić information content (AvgIpc) is 2.93. The average molecular weight is 278 g/mol. The smallest absolute Gasteiger partial charge is 0.183 e. The second kappa shape index (κ2) is 4.74. The van der Waals surface area contributed by atoms with Crippen LogP contribution in [0.25, 0.3) is 10.2 Å². The van der Waals surface area contributed by atoms with Crippen molar-refractivity contribution in [2.24, 2.45) is 0 Å². The van der Waals surface area contributed by atoms with Gasteiger partial charge in [-0.1, -0.05) is 17.4 Å². The summed E-state index contributed by atoms with van der Waals surface area (Å²) < 4.78 is 1.68. The highest BCUT2D eigenvalue weighted by molar-refractivity contribution is 8.00. The SMILES string of the molecule is Cc1ccc2nc(NCC3(C)CCCS3)sc2c1. The Morgan fingerprint density at radius 1 is 1.44 bits per heavy atom. The summed E-state index contributed by atoms with van der Waals surface area (Å²) in [7, 11) is 0. The van der Waals surface area contributed by atoms with Crippen molar-refractivity contribution in [3.8, 4) is 0 Å². The summed E-state index contributed by atoms with van der Waals surface area (Å²) in [6.45, 7) is 5.51. The zero-order valence-corrected chi connectivity index (χ0v) is 12.5. The summed E-state index contributed by atoms with van der Waals surface area (Å²) in [6, 6.07) is 6.45. The molecule has 18 heavy (non-hydrogen) atoms. The number of benzene rings is 1. The second-order valence-electron chi connectivity index (χ2n) is 5.25. The third kappa shape index (κ3) is 2.50. The predicted molar refractivity (Wildman–Crippen MR) is 82.9 cm³/mol. The van der Waals surface area contributed by atoms with E-state index in [1.807, 2.05) is 0 Å². The third-order valence-electron chi connectivity index (χ3n) is 3.46. The maximum absolute atomic E-state index is 4.64. The fourth-order valence-corrected chi connectivity index (χ4v) is 4.55. The van der Waals surface area contributed by atoms with Crippen molar-refractivity contribution in [3.05, 3.63) is 23.8 Å². The lowest BCUT2D eigenvalue weighted by molar-refractivity contribution is 0.634. The molecule has 0 aliphatic carbocycles. The summed E-state index contributed by atoms with van der Waals surface area (Å²) in [5, 5.41) is 4.58. The Hall–Kier alpha value is -0.740. The van der Waals surface area contributed by atoms with Gasteiger partial charge < -0.3 is 5.32 Å². The van der Waals surface area contributed by atoms with Gasteiger partial charge in [0.2, 0.25) is 0 Å². The highest BCUT2D eigenvalue weighted by Crippen LogP contribution is 2.38. The number of anilines is 1. The highest BCUT2D eigenvalue weighted by atomic mass is 32.2. The van der Waals surface area contributed by atoms with Crippen LogP contribution in [-0.2, 0) is 0 Å². The topological polar surface area (TPSA) is 24.9 Å². The first-order chi connectivity index (χ1) is 8.65. The second-order valence-corrected chi connectivity index (χ2v) is 7.96. The molecule has 1 saturated heterocycles. The van der Waals surface area contributed by atoms with Crippen LogP contribution >= 0.6 is 23.1 Å². The van der Waals surface area contributed by atoms with Crippen LogP contribution in [0.15, 0.2) is 18.2 Å². The Bertz CT molecular complexity index is 556. The molecule has 0 radical (unpaired) electrons. The molecule has 1 unspecified atom stereocenters. The lowest BCUT2D eigenvalue weighted by Crippen LogP contribution is -2.26. The number of nitrogens with zero attached hydrogens (tertiary/aromatic N) is 1. The van der Waals surface area contributed by atoms with Gasteiger partial charge in [0.25, 0.3) is 0 Å². The largest absolute Gasteiger partial charge is 0.360 e. The van der Waals surface area contributed by atoms with Crippen molar-refractivity contribution in [2.75, 3.05) is 17.6 Å². The standard InChI is InChI=1S/C14H18N2S2/c1-10-4-5-11-12(8-10)18-13(16-11)15-9-14(2)6-3-7-17-14/h4-5,8H,3,6-7,9H2,1-2H3,(H,15,16). The van der Waals surface area contributed by atoms with Crippen LogP contribution < -0.4 is 5.32 Å². The van der Waals surface area contributed by atoms with Crippen LogP contribution in [0.5, 0.6) is 0 Å². The Morgan fingerprint density at radius 2 is 2.33 bits per heavy atom. The van der Waals surface area contributed by atoms with Crippen LogP contribution in [0.1, 0.15) is 25.3 Å². The van der Waals surface area contributed by atoms with E-state index < -0.39 is 0 Å². The van der Waals surface area contributed by atoms with Gasteiger partial charge in [-0.2, -0.15) is 11.8 Å². The Morgan fingerprint density at radius 3 is 3.11 bits per heavy atom. The molecule has 1 aliphatic heterocycles. The molecule has 2 heterocycles. The lowest BCUT2D eigenvalue weighted by atomic mass is 10.1. The van der Waals surface area contributed by atoms with E-state index in [0.717, 1.165) is 17.2 Å². The van der Waals surface area contributed by atoms with Crippen LogP contribution in [-0.4, -0.2) is 22.0 Å². The molecular formula is C14H18N2S2. The molecule has 0 amide bonds. The van der Waals surface area contributed by atoms with E-state index in [2.05, 4.69) is 54.1 Å². The molecule has 2 aromatic rings. The summed E-state index contributed by atoms with van der Waals surface area (Å²) in [5.41, 5.74) is 2.41. The number of aromatic nitrogens is 1. The number of nitrogens with one attached hydrogen (secondary N) is 1. The van der Waals surface area contributed by atoms with Crippen LogP contribution in [0.2, 0.25) is 0 Å². The molecule has 1 aliphatic rings. The molecule has 0 bridgehead atoms. The summed E-state index contributed by atoms with van der Waals surface area (Å²) in [6.07, 6.45) is 2.66. The molecule has 1 atom stereocenters. The van der Waals surface area contributed by atoms with Gasteiger partial charge in [-0.05, 0) is 50.1 Å². The minimum absolute atomic E-state index is 0.397. The number of thiazole rings is 1. The Balaban J connectivity index is 1.74. The van der Waals surface area contributed by atoms with Crippen LogP contribution in [0.3, 0.4) is 0 Å².